The number of hydrogen-bond acceptors (Lipinski definition) is 2. The van der Waals surface area contributed by atoms with Gasteiger partial charge in [0.1, 0.15) is 0 Å². The smallest absolute Gasteiger partial charge is 0.248 e. The molecule has 20 heavy (non-hydrogen) atoms. The van der Waals surface area contributed by atoms with Crippen LogP contribution in [0.1, 0.15) is 23.5 Å². The van der Waals surface area contributed by atoms with Crippen molar-refractivity contribution >= 4 is 5.91 Å². The van der Waals surface area contributed by atoms with Crippen LogP contribution in [-0.2, 0) is 4.79 Å². The zero-order valence-electron chi connectivity index (χ0n) is 11.3. The van der Waals surface area contributed by atoms with Gasteiger partial charge >= 0.3 is 0 Å². The van der Waals surface area contributed by atoms with Crippen LogP contribution >= 0.6 is 0 Å². The molecule has 3 heteroatoms. The lowest BCUT2D eigenvalue weighted by Gasteiger charge is -2.23. The molecular formula is C17H18N2O. The molecule has 102 valence electrons. The van der Waals surface area contributed by atoms with Gasteiger partial charge in [0.2, 0.25) is 5.91 Å². The molecule has 1 heterocycles. The van der Waals surface area contributed by atoms with Gasteiger partial charge < -0.3 is 0 Å². The molecular weight excluding hydrogens is 248 g/mol. The van der Waals surface area contributed by atoms with E-state index in [0.717, 1.165) is 30.6 Å². The largest absolute Gasteiger partial charge is 0.277 e. The predicted molar refractivity (Wildman–Crippen MR) is 79.1 cm³/mol. The third-order valence-corrected chi connectivity index (χ3v) is 3.64. The van der Waals surface area contributed by atoms with Gasteiger partial charge in [0.25, 0.3) is 0 Å². The van der Waals surface area contributed by atoms with Crippen molar-refractivity contribution in [1.29, 1.82) is 0 Å². The second-order valence-electron chi connectivity index (χ2n) is 5.01. The highest BCUT2D eigenvalue weighted by Gasteiger charge is 2.28. The van der Waals surface area contributed by atoms with Crippen molar-refractivity contribution < 1.29 is 4.79 Å². The molecule has 0 radical (unpaired) electrons. The molecule has 1 fully saturated rings. The Hall–Kier alpha value is -2.13. The molecule has 1 amide bonds. The minimum Gasteiger partial charge on any atom is -0.277 e. The van der Waals surface area contributed by atoms with Crippen LogP contribution < -0.4 is 5.43 Å². The maximum Gasteiger partial charge on any atom is 0.248 e. The molecule has 0 spiro atoms. The van der Waals surface area contributed by atoms with Crippen molar-refractivity contribution in [3.05, 3.63) is 71.8 Å². The average Bonchev–Trinajstić information content (AvgIpc) is 3.04. The molecule has 2 aromatic carbocycles. The van der Waals surface area contributed by atoms with Crippen molar-refractivity contribution in [1.82, 2.24) is 10.4 Å². The van der Waals surface area contributed by atoms with E-state index in [1.165, 1.54) is 0 Å². The molecule has 3 nitrogen and oxygen atoms in total. The summed E-state index contributed by atoms with van der Waals surface area (Å²) in [6.45, 7) is 1.66. The van der Waals surface area contributed by atoms with Gasteiger partial charge in [-0.05, 0) is 17.5 Å². The SMILES string of the molecule is O=C(C(c1ccccc1)c1ccccc1)N1CCCN1. The first-order valence-corrected chi connectivity index (χ1v) is 7.01. The fraction of sp³-hybridized carbons (Fsp3) is 0.235. The lowest BCUT2D eigenvalue weighted by molar-refractivity contribution is -0.133. The minimum absolute atomic E-state index is 0.125. The van der Waals surface area contributed by atoms with Crippen molar-refractivity contribution in [2.45, 2.75) is 12.3 Å². The van der Waals surface area contributed by atoms with E-state index in [1.807, 2.05) is 60.7 Å². The van der Waals surface area contributed by atoms with Gasteiger partial charge in [-0.15, -0.1) is 0 Å². The van der Waals surface area contributed by atoms with Crippen LogP contribution in [-0.4, -0.2) is 24.0 Å². The summed E-state index contributed by atoms with van der Waals surface area (Å²) in [7, 11) is 0. The zero-order chi connectivity index (χ0) is 13.8. The Balaban J connectivity index is 1.97. The van der Waals surface area contributed by atoms with Gasteiger partial charge in [-0.1, -0.05) is 60.7 Å². The summed E-state index contributed by atoms with van der Waals surface area (Å²) < 4.78 is 0. The topological polar surface area (TPSA) is 32.3 Å². The van der Waals surface area contributed by atoms with Crippen LogP contribution in [0.15, 0.2) is 60.7 Å². The zero-order valence-corrected chi connectivity index (χ0v) is 11.3. The first-order valence-electron chi connectivity index (χ1n) is 7.01. The summed E-state index contributed by atoms with van der Waals surface area (Å²) in [5.41, 5.74) is 5.24. The van der Waals surface area contributed by atoms with Gasteiger partial charge in [-0.3, -0.25) is 9.80 Å². The number of nitrogens with one attached hydrogen (secondary N) is 1. The molecule has 1 aliphatic heterocycles. The van der Waals surface area contributed by atoms with Crippen LogP contribution in [0.4, 0.5) is 0 Å². The van der Waals surface area contributed by atoms with Crippen molar-refractivity contribution in [3.63, 3.8) is 0 Å². The van der Waals surface area contributed by atoms with E-state index in [-0.39, 0.29) is 11.8 Å². The first-order chi connectivity index (χ1) is 9.86. The highest BCUT2D eigenvalue weighted by molar-refractivity contribution is 5.87. The Kier molecular flexibility index (Phi) is 3.79. The van der Waals surface area contributed by atoms with Crippen LogP contribution in [0.2, 0.25) is 0 Å². The van der Waals surface area contributed by atoms with Crippen LogP contribution in [0, 0.1) is 0 Å². The molecule has 1 aliphatic rings. The molecule has 2 aromatic rings. The molecule has 1 N–H and O–H groups in total. The van der Waals surface area contributed by atoms with E-state index in [4.69, 9.17) is 0 Å². The van der Waals surface area contributed by atoms with Crippen LogP contribution in [0.25, 0.3) is 0 Å². The lowest BCUT2D eigenvalue weighted by Crippen LogP contribution is -2.40. The number of rotatable bonds is 3. The normalized spacial score (nSPS) is 14.8. The summed E-state index contributed by atoms with van der Waals surface area (Å²) >= 11 is 0. The Morgan fingerprint density at radius 1 is 0.950 bits per heavy atom. The lowest BCUT2D eigenvalue weighted by atomic mass is 9.90. The molecule has 0 unspecified atom stereocenters. The third kappa shape index (κ3) is 2.58. The Morgan fingerprint density at radius 3 is 1.95 bits per heavy atom. The average molecular weight is 266 g/mol. The van der Waals surface area contributed by atoms with Gasteiger partial charge in [-0.25, -0.2) is 5.43 Å². The maximum atomic E-state index is 12.8. The number of nitrogens with zero attached hydrogens (tertiary/aromatic N) is 1. The number of amides is 1. The van der Waals surface area contributed by atoms with Gasteiger partial charge in [0, 0.05) is 13.1 Å². The van der Waals surface area contributed by atoms with E-state index in [2.05, 4.69) is 5.43 Å². The fourth-order valence-electron chi connectivity index (χ4n) is 2.64. The second kappa shape index (κ2) is 5.88. The van der Waals surface area contributed by atoms with E-state index < -0.39 is 0 Å². The molecule has 0 bridgehead atoms. The number of carbonyl (C=O) groups is 1. The third-order valence-electron chi connectivity index (χ3n) is 3.64. The number of carbonyl (C=O) groups excluding carboxylic acids is 1. The number of benzene rings is 2. The molecule has 1 saturated heterocycles. The Labute approximate surface area is 119 Å². The minimum atomic E-state index is -0.233. The summed E-state index contributed by atoms with van der Waals surface area (Å²) in [4.78, 5) is 12.8. The van der Waals surface area contributed by atoms with Gasteiger partial charge in [0.05, 0.1) is 5.92 Å². The monoisotopic (exact) mass is 266 g/mol. The van der Waals surface area contributed by atoms with E-state index in [0.29, 0.717) is 0 Å². The Bertz CT molecular complexity index is 523. The summed E-state index contributed by atoms with van der Waals surface area (Å²) in [6.07, 6.45) is 1.02. The molecule has 3 rings (SSSR count). The highest BCUT2D eigenvalue weighted by Crippen LogP contribution is 2.26. The summed E-state index contributed by atoms with van der Waals surface area (Å²) in [6, 6.07) is 20.0. The molecule has 0 aromatic heterocycles. The number of hydrogen-bond donors (Lipinski definition) is 1. The molecule has 0 saturated carbocycles. The van der Waals surface area contributed by atoms with E-state index in [9.17, 15) is 4.79 Å². The molecule has 0 atom stereocenters. The van der Waals surface area contributed by atoms with Gasteiger partial charge in [-0.2, -0.15) is 0 Å². The fourth-order valence-corrected chi connectivity index (χ4v) is 2.64. The Morgan fingerprint density at radius 2 is 1.50 bits per heavy atom. The van der Waals surface area contributed by atoms with Crippen molar-refractivity contribution in [2.75, 3.05) is 13.1 Å². The summed E-state index contributed by atoms with van der Waals surface area (Å²) in [5, 5.41) is 1.75. The molecule has 0 aliphatic carbocycles. The van der Waals surface area contributed by atoms with Crippen molar-refractivity contribution in [2.24, 2.45) is 0 Å². The predicted octanol–water partition coefficient (Wildman–Crippen LogP) is 2.56. The number of hydrazine groups is 1. The first kappa shape index (κ1) is 12.9. The van der Waals surface area contributed by atoms with E-state index in [1.54, 1.807) is 5.01 Å². The second-order valence-corrected chi connectivity index (χ2v) is 5.01. The van der Waals surface area contributed by atoms with E-state index >= 15 is 0 Å². The van der Waals surface area contributed by atoms with Gasteiger partial charge in [0.15, 0.2) is 0 Å². The van der Waals surface area contributed by atoms with Crippen LogP contribution in [0.5, 0.6) is 0 Å². The quantitative estimate of drug-likeness (QED) is 0.926. The summed E-state index contributed by atoms with van der Waals surface area (Å²) in [5.74, 6) is -0.108. The maximum absolute atomic E-state index is 12.8. The van der Waals surface area contributed by atoms with Crippen LogP contribution in [0.3, 0.4) is 0 Å². The standard InChI is InChI=1S/C17H18N2O/c20-17(19-13-7-12-18-19)16(14-8-3-1-4-9-14)15-10-5-2-6-11-15/h1-6,8-11,16,18H,7,12-13H2. The van der Waals surface area contributed by atoms with Crippen molar-refractivity contribution in [3.8, 4) is 0 Å². The highest BCUT2D eigenvalue weighted by atomic mass is 16.2.